The Hall–Kier alpha value is -2.18. The molecule has 0 bridgehead atoms. The Morgan fingerprint density at radius 2 is 2.27 bits per heavy atom. The van der Waals surface area contributed by atoms with Gasteiger partial charge < -0.3 is 19.2 Å². The van der Waals surface area contributed by atoms with Crippen molar-refractivity contribution in [3.05, 3.63) is 59.3 Å². The van der Waals surface area contributed by atoms with E-state index in [-0.39, 0.29) is 23.1 Å². The van der Waals surface area contributed by atoms with Gasteiger partial charge in [-0.3, -0.25) is 4.79 Å². The molecule has 1 aliphatic heterocycles. The summed E-state index contributed by atoms with van der Waals surface area (Å²) in [6.45, 7) is 0.807. The average molecular weight is 305 g/mol. The highest BCUT2D eigenvalue weighted by molar-refractivity contribution is 5.94. The minimum absolute atomic E-state index is 0.173. The topological polar surface area (TPSA) is 62.9 Å². The van der Waals surface area contributed by atoms with Crippen molar-refractivity contribution in [3.8, 4) is 0 Å². The van der Waals surface area contributed by atoms with Crippen LogP contribution in [0.15, 0.2) is 41.0 Å². The first kappa shape index (κ1) is 14.7. The number of rotatable bonds is 3. The smallest absolute Gasteiger partial charge is 0.254 e. The minimum Gasteiger partial charge on any atom is -0.467 e. The van der Waals surface area contributed by atoms with Gasteiger partial charge in [0.15, 0.2) is 0 Å². The molecule has 1 N–H and O–H groups in total. The predicted octanol–water partition coefficient (Wildman–Crippen LogP) is 2.12. The Kier molecular flexibility index (Phi) is 4.22. The summed E-state index contributed by atoms with van der Waals surface area (Å²) in [4.78, 5) is 14.1. The first-order valence-electron chi connectivity index (χ1n) is 7.02. The highest BCUT2D eigenvalue weighted by Crippen LogP contribution is 2.24. The lowest BCUT2D eigenvalue weighted by molar-refractivity contribution is -0.0321. The molecule has 1 atom stereocenters. The fraction of sp³-hybridized carbons (Fsp3) is 0.312. The molecule has 1 fully saturated rings. The van der Waals surface area contributed by atoms with Crippen LogP contribution in [-0.2, 0) is 11.3 Å². The highest BCUT2D eigenvalue weighted by atomic mass is 19.1. The van der Waals surface area contributed by atoms with E-state index < -0.39 is 12.4 Å². The molecule has 6 heteroatoms. The summed E-state index contributed by atoms with van der Waals surface area (Å²) in [6, 6.07) is 7.67. The van der Waals surface area contributed by atoms with Crippen LogP contribution in [0.5, 0.6) is 0 Å². The van der Waals surface area contributed by atoms with Crippen molar-refractivity contribution in [3.63, 3.8) is 0 Å². The highest BCUT2D eigenvalue weighted by Gasteiger charge is 2.27. The third-order valence-corrected chi connectivity index (χ3v) is 3.68. The van der Waals surface area contributed by atoms with E-state index in [4.69, 9.17) is 14.3 Å². The van der Waals surface area contributed by atoms with E-state index in [0.717, 1.165) is 6.07 Å². The quantitative estimate of drug-likeness (QED) is 0.943. The standard InChI is InChI=1S/C16H16FNO4/c17-13-8-11(3-4-12(13)10-19)16(20)18-5-7-22-15(9-18)14-2-1-6-21-14/h1-4,6,8,15,19H,5,7,9-10H2. The molecular weight excluding hydrogens is 289 g/mol. The van der Waals surface area contributed by atoms with Crippen LogP contribution in [0.2, 0.25) is 0 Å². The number of nitrogens with zero attached hydrogens (tertiary/aromatic N) is 1. The second-order valence-corrected chi connectivity index (χ2v) is 5.09. The average Bonchev–Trinajstić information content (AvgIpc) is 3.09. The predicted molar refractivity (Wildman–Crippen MR) is 75.6 cm³/mol. The van der Waals surface area contributed by atoms with Gasteiger partial charge in [0, 0.05) is 17.7 Å². The molecule has 2 heterocycles. The number of carbonyl (C=O) groups is 1. The van der Waals surface area contributed by atoms with Crippen molar-refractivity contribution >= 4 is 5.91 Å². The molecule has 1 aliphatic rings. The van der Waals surface area contributed by atoms with Crippen molar-refractivity contribution in [2.24, 2.45) is 0 Å². The number of ether oxygens (including phenoxy) is 1. The maximum Gasteiger partial charge on any atom is 0.254 e. The normalized spacial score (nSPS) is 18.5. The maximum atomic E-state index is 13.7. The van der Waals surface area contributed by atoms with E-state index in [1.54, 1.807) is 23.3 Å². The molecule has 0 spiro atoms. The third kappa shape index (κ3) is 2.88. The van der Waals surface area contributed by atoms with Crippen LogP contribution < -0.4 is 0 Å². The molecule has 1 aromatic heterocycles. The molecular formula is C16H16FNO4. The number of benzene rings is 1. The van der Waals surface area contributed by atoms with Gasteiger partial charge in [0.2, 0.25) is 0 Å². The van der Waals surface area contributed by atoms with Crippen LogP contribution >= 0.6 is 0 Å². The van der Waals surface area contributed by atoms with Crippen LogP contribution in [0.25, 0.3) is 0 Å². The Balaban J connectivity index is 1.75. The minimum atomic E-state index is -0.579. The Labute approximate surface area is 126 Å². The van der Waals surface area contributed by atoms with Crippen LogP contribution in [0.1, 0.15) is 27.8 Å². The zero-order valence-electron chi connectivity index (χ0n) is 11.9. The lowest BCUT2D eigenvalue weighted by Gasteiger charge is -2.32. The van der Waals surface area contributed by atoms with Crippen LogP contribution in [-0.4, -0.2) is 35.6 Å². The molecule has 2 aromatic rings. The van der Waals surface area contributed by atoms with Crippen molar-refractivity contribution < 1.29 is 23.4 Å². The van der Waals surface area contributed by atoms with Gasteiger partial charge in [-0.15, -0.1) is 0 Å². The van der Waals surface area contributed by atoms with E-state index in [1.807, 2.05) is 0 Å². The number of furan rings is 1. The number of hydrogen-bond acceptors (Lipinski definition) is 4. The molecule has 5 nitrogen and oxygen atoms in total. The Morgan fingerprint density at radius 1 is 1.41 bits per heavy atom. The van der Waals surface area contributed by atoms with Gasteiger partial charge in [-0.05, 0) is 24.3 Å². The van der Waals surface area contributed by atoms with Crippen LogP contribution in [0.3, 0.4) is 0 Å². The molecule has 22 heavy (non-hydrogen) atoms. The summed E-state index contributed by atoms with van der Waals surface area (Å²) < 4.78 is 24.6. The lowest BCUT2D eigenvalue weighted by atomic mass is 10.1. The number of morpholine rings is 1. The summed E-state index contributed by atoms with van der Waals surface area (Å²) in [5.41, 5.74) is 0.432. The van der Waals surface area contributed by atoms with Crippen molar-refractivity contribution in [2.75, 3.05) is 19.7 Å². The SMILES string of the molecule is O=C(c1ccc(CO)c(F)c1)N1CCOC(c2ccco2)C1. The zero-order chi connectivity index (χ0) is 15.5. The number of aliphatic hydroxyl groups is 1. The van der Waals surface area contributed by atoms with Crippen LogP contribution in [0.4, 0.5) is 4.39 Å². The largest absolute Gasteiger partial charge is 0.467 e. The maximum absolute atomic E-state index is 13.7. The van der Waals surface area contributed by atoms with Crippen molar-refractivity contribution in [1.29, 1.82) is 0 Å². The van der Waals surface area contributed by atoms with E-state index in [0.29, 0.717) is 25.5 Å². The van der Waals surface area contributed by atoms with Gasteiger partial charge in [-0.2, -0.15) is 0 Å². The van der Waals surface area contributed by atoms with Gasteiger partial charge in [0.25, 0.3) is 5.91 Å². The first-order valence-corrected chi connectivity index (χ1v) is 7.02. The summed E-state index contributed by atoms with van der Waals surface area (Å²) in [6.07, 6.45) is 1.25. The summed E-state index contributed by atoms with van der Waals surface area (Å²) in [5.74, 6) is -0.174. The first-order chi connectivity index (χ1) is 10.7. The van der Waals surface area contributed by atoms with E-state index >= 15 is 0 Å². The number of amides is 1. The van der Waals surface area contributed by atoms with Gasteiger partial charge in [-0.1, -0.05) is 6.07 Å². The van der Waals surface area contributed by atoms with Crippen molar-refractivity contribution in [2.45, 2.75) is 12.7 Å². The van der Waals surface area contributed by atoms with Gasteiger partial charge in [0.1, 0.15) is 17.7 Å². The number of aliphatic hydroxyl groups excluding tert-OH is 1. The summed E-state index contributed by atoms with van der Waals surface area (Å²) >= 11 is 0. The van der Waals surface area contributed by atoms with E-state index in [2.05, 4.69) is 0 Å². The molecule has 0 aliphatic carbocycles. The van der Waals surface area contributed by atoms with Gasteiger partial charge >= 0.3 is 0 Å². The molecule has 3 rings (SSSR count). The summed E-state index contributed by atoms with van der Waals surface area (Å²) in [5, 5.41) is 8.97. The Bertz CT molecular complexity index is 656. The van der Waals surface area contributed by atoms with E-state index in [9.17, 15) is 9.18 Å². The molecule has 1 aromatic carbocycles. The zero-order valence-corrected chi connectivity index (χ0v) is 11.9. The molecule has 0 radical (unpaired) electrons. The number of hydrogen-bond donors (Lipinski definition) is 1. The Morgan fingerprint density at radius 3 is 2.95 bits per heavy atom. The molecule has 1 unspecified atom stereocenters. The van der Waals surface area contributed by atoms with Gasteiger partial charge in [0.05, 0.1) is 26.0 Å². The number of halogens is 1. The second-order valence-electron chi connectivity index (χ2n) is 5.09. The third-order valence-electron chi connectivity index (χ3n) is 3.68. The molecule has 116 valence electrons. The molecule has 1 amide bonds. The monoisotopic (exact) mass is 305 g/mol. The summed E-state index contributed by atoms with van der Waals surface area (Å²) in [7, 11) is 0. The van der Waals surface area contributed by atoms with Gasteiger partial charge in [-0.25, -0.2) is 4.39 Å². The van der Waals surface area contributed by atoms with Crippen molar-refractivity contribution in [1.82, 2.24) is 4.90 Å². The second kappa shape index (κ2) is 6.29. The number of carbonyl (C=O) groups excluding carboxylic acids is 1. The van der Waals surface area contributed by atoms with E-state index in [1.165, 1.54) is 12.1 Å². The fourth-order valence-corrected chi connectivity index (χ4v) is 2.47. The lowest BCUT2D eigenvalue weighted by Crippen LogP contribution is -2.42. The fourth-order valence-electron chi connectivity index (χ4n) is 2.47. The molecule has 1 saturated heterocycles. The molecule has 0 saturated carbocycles. The van der Waals surface area contributed by atoms with Crippen LogP contribution in [0, 0.1) is 5.82 Å².